The van der Waals surface area contributed by atoms with Gasteiger partial charge in [0.25, 0.3) is 5.91 Å². The first-order valence-corrected chi connectivity index (χ1v) is 7.98. The van der Waals surface area contributed by atoms with Crippen molar-refractivity contribution in [2.24, 2.45) is 0 Å². The fourth-order valence-electron chi connectivity index (χ4n) is 2.99. The van der Waals surface area contributed by atoms with E-state index in [9.17, 15) is 4.79 Å². The Balaban J connectivity index is 1.68. The molecule has 114 valence electrons. The van der Waals surface area contributed by atoms with Gasteiger partial charge in [0.2, 0.25) is 0 Å². The predicted molar refractivity (Wildman–Crippen MR) is 88.9 cm³/mol. The fraction of sp³-hybridized carbons (Fsp3) is 0.278. The maximum Gasteiger partial charge on any atom is 0.254 e. The lowest BCUT2D eigenvalue weighted by atomic mass is 10.1. The van der Waals surface area contributed by atoms with E-state index >= 15 is 0 Å². The third-order valence-electron chi connectivity index (χ3n) is 4.26. The molecule has 0 saturated carbocycles. The fourth-order valence-corrected chi connectivity index (χ4v) is 3.16. The molecule has 1 N–H and O–H groups in total. The third kappa shape index (κ3) is 3.16. The standard InChI is InChI=1S/C18H19ClN2O/c1-14-7-8-16(19)13-17(14)20-9-11-21(12-10-20)18(22)15-5-3-2-4-6-15/h2-8,13H,9-12H2,1H3/p+1. The molecular formula is C18H20ClN2O+. The Kier molecular flexibility index (Phi) is 4.46. The molecule has 1 amide bonds. The van der Waals surface area contributed by atoms with E-state index < -0.39 is 0 Å². The zero-order chi connectivity index (χ0) is 15.5. The van der Waals surface area contributed by atoms with Crippen LogP contribution in [0.3, 0.4) is 0 Å². The van der Waals surface area contributed by atoms with Crippen molar-refractivity contribution in [3.63, 3.8) is 0 Å². The quantitative estimate of drug-likeness (QED) is 0.904. The van der Waals surface area contributed by atoms with Gasteiger partial charge in [-0.3, -0.25) is 9.69 Å². The Labute approximate surface area is 136 Å². The first-order valence-electron chi connectivity index (χ1n) is 7.60. The number of quaternary nitrogens is 1. The van der Waals surface area contributed by atoms with Crippen molar-refractivity contribution in [1.82, 2.24) is 4.90 Å². The van der Waals surface area contributed by atoms with Gasteiger partial charge in [0.15, 0.2) is 0 Å². The number of nitrogens with zero attached hydrogens (tertiary/aromatic N) is 1. The van der Waals surface area contributed by atoms with Gasteiger partial charge in [-0.15, -0.1) is 0 Å². The van der Waals surface area contributed by atoms with E-state index in [-0.39, 0.29) is 5.91 Å². The maximum absolute atomic E-state index is 12.5. The van der Waals surface area contributed by atoms with Gasteiger partial charge in [-0.2, -0.15) is 0 Å². The summed E-state index contributed by atoms with van der Waals surface area (Å²) in [6, 6.07) is 15.5. The van der Waals surface area contributed by atoms with Crippen LogP contribution in [0.2, 0.25) is 5.02 Å². The molecule has 1 fully saturated rings. The van der Waals surface area contributed by atoms with Crippen LogP contribution in [-0.2, 0) is 0 Å². The van der Waals surface area contributed by atoms with Crippen molar-refractivity contribution in [3.05, 3.63) is 64.7 Å². The molecule has 0 aliphatic carbocycles. The predicted octanol–water partition coefficient (Wildman–Crippen LogP) is 2.32. The van der Waals surface area contributed by atoms with Crippen LogP contribution in [0, 0.1) is 6.92 Å². The molecule has 3 nitrogen and oxygen atoms in total. The second-order valence-corrected chi connectivity index (χ2v) is 6.16. The lowest BCUT2D eigenvalue weighted by molar-refractivity contribution is -0.837. The lowest BCUT2D eigenvalue weighted by Gasteiger charge is -2.32. The number of halogens is 1. The van der Waals surface area contributed by atoms with Gasteiger partial charge < -0.3 is 4.90 Å². The topological polar surface area (TPSA) is 24.8 Å². The number of carbonyl (C=O) groups is 1. The van der Waals surface area contributed by atoms with Crippen LogP contribution in [0.4, 0.5) is 5.69 Å². The van der Waals surface area contributed by atoms with E-state index in [2.05, 4.69) is 13.0 Å². The Hall–Kier alpha value is -1.84. The summed E-state index contributed by atoms with van der Waals surface area (Å²) >= 11 is 6.12. The van der Waals surface area contributed by atoms with Crippen LogP contribution in [0.5, 0.6) is 0 Å². The van der Waals surface area contributed by atoms with E-state index in [0.29, 0.717) is 0 Å². The zero-order valence-corrected chi connectivity index (χ0v) is 13.4. The SMILES string of the molecule is Cc1ccc(Cl)cc1[NH+]1CCN(C(=O)c2ccccc2)CC1. The Bertz CT molecular complexity index is 664. The molecule has 3 rings (SSSR count). The smallest absolute Gasteiger partial charge is 0.254 e. The van der Waals surface area contributed by atoms with Crippen molar-refractivity contribution < 1.29 is 9.69 Å². The summed E-state index contributed by atoms with van der Waals surface area (Å²) in [6.45, 7) is 5.49. The number of carbonyl (C=O) groups excluding carboxylic acids is 1. The number of benzene rings is 2. The van der Waals surface area contributed by atoms with E-state index in [1.807, 2.05) is 47.4 Å². The highest BCUT2D eigenvalue weighted by Crippen LogP contribution is 2.17. The molecule has 0 aromatic heterocycles. The molecule has 4 heteroatoms. The lowest BCUT2D eigenvalue weighted by Crippen LogP contribution is -3.10. The van der Waals surface area contributed by atoms with Gasteiger partial charge in [-0.1, -0.05) is 35.9 Å². The highest BCUT2D eigenvalue weighted by atomic mass is 35.5. The third-order valence-corrected chi connectivity index (χ3v) is 4.49. The van der Waals surface area contributed by atoms with Crippen LogP contribution in [0.1, 0.15) is 15.9 Å². The first-order chi connectivity index (χ1) is 10.6. The Morgan fingerprint density at radius 2 is 1.77 bits per heavy atom. The van der Waals surface area contributed by atoms with E-state index in [1.54, 1.807) is 0 Å². The monoisotopic (exact) mass is 315 g/mol. The molecule has 1 aliphatic rings. The van der Waals surface area contributed by atoms with Crippen molar-refractivity contribution >= 4 is 23.2 Å². The van der Waals surface area contributed by atoms with Crippen LogP contribution >= 0.6 is 11.6 Å². The molecule has 0 radical (unpaired) electrons. The molecule has 2 aromatic rings. The number of hydrogen-bond acceptors (Lipinski definition) is 1. The summed E-state index contributed by atoms with van der Waals surface area (Å²) < 4.78 is 0. The van der Waals surface area contributed by atoms with Crippen molar-refractivity contribution in [3.8, 4) is 0 Å². The Morgan fingerprint density at radius 1 is 1.09 bits per heavy atom. The molecular weight excluding hydrogens is 296 g/mol. The summed E-state index contributed by atoms with van der Waals surface area (Å²) in [5.41, 5.74) is 3.27. The Morgan fingerprint density at radius 3 is 2.45 bits per heavy atom. The summed E-state index contributed by atoms with van der Waals surface area (Å²) in [5, 5.41) is 0.774. The van der Waals surface area contributed by atoms with Crippen molar-refractivity contribution in [1.29, 1.82) is 0 Å². The van der Waals surface area contributed by atoms with Gasteiger partial charge in [-0.25, -0.2) is 0 Å². The molecule has 0 spiro atoms. The summed E-state index contributed by atoms with van der Waals surface area (Å²) in [7, 11) is 0. The average Bonchev–Trinajstić information content (AvgIpc) is 2.57. The van der Waals surface area contributed by atoms with E-state index in [0.717, 1.165) is 36.8 Å². The number of amides is 1. The number of piperazine rings is 1. The average molecular weight is 316 g/mol. The maximum atomic E-state index is 12.5. The summed E-state index contributed by atoms with van der Waals surface area (Å²) in [4.78, 5) is 15.8. The second kappa shape index (κ2) is 6.51. The molecule has 1 saturated heterocycles. The molecule has 0 atom stereocenters. The van der Waals surface area contributed by atoms with Crippen LogP contribution < -0.4 is 4.90 Å². The van der Waals surface area contributed by atoms with Gasteiger partial charge in [0, 0.05) is 22.2 Å². The molecule has 1 aliphatic heterocycles. The van der Waals surface area contributed by atoms with Crippen LogP contribution in [-0.4, -0.2) is 37.0 Å². The number of nitrogens with one attached hydrogen (secondary N) is 1. The van der Waals surface area contributed by atoms with Crippen LogP contribution in [0.25, 0.3) is 0 Å². The van der Waals surface area contributed by atoms with E-state index in [4.69, 9.17) is 11.6 Å². The van der Waals surface area contributed by atoms with Gasteiger partial charge in [0.05, 0.1) is 26.2 Å². The first kappa shape index (κ1) is 15.1. The van der Waals surface area contributed by atoms with Crippen molar-refractivity contribution in [2.75, 3.05) is 26.2 Å². The zero-order valence-electron chi connectivity index (χ0n) is 12.7. The largest absolute Gasteiger partial charge is 0.327 e. The number of rotatable bonds is 2. The summed E-state index contributed by atoms with van der Waals surface area (Å²) in [6.07, 6.45) is 0. The molecule has 0 unspecified atom stereocenters. The van der Waals surface area contributed by atoms with Crippen LogP contribution in [0.15, 0.2) is 48.5 Å². The van der Waals surface area contributed by atoms with Crippen molar-refractivity contribution in [2.45, 2.75) is 6.92 Å². The van der Waals surface area contributed by atoms with Gasteiger partial charge in [-0.05, 0) is 25.1 Å². The minimum atomic E-state index is 0.127. The normalized spacial score (nSPS) is 15.8. The van der Waals surface area contributed by atoms with E-state index in [1.165, 1.54) is 16.2 Å². The van der Waals surface area contributed by atoms with Gasteiger partial charge >= 0.3 is 0 Å². The number of hydrogen-bond donors (Lipinski definition) is 1. The minimum Gasteiger partial charge on any atom is -0.327 e. The summed E-state index contributed by atoms with van der Waals surface area (Å²) in [5.74, 6) is 0.127. The second-order valence-electron chi connectivity index (χ2n) is 5.72. The number of aryl methyl sites for hydroxylation is 1. The minimum absolute atomic E-state index is 0.127. The van der Waals surface area contributed by atoms with Gasteiger partial charge in [0.1, 0.15) is 5.69 Å². The highest BCUT2D eigenvalue weighted by Gasteiger charge is 2.26. The highest BCUT2D eigenvalue weighted by molar-refractivity contribution is 6.30. The molecule has 22 heavy (non-hydrogen) atoms. The molecule has 0 bridgehead atoms. The molecule has 2 aromatic carbocycles. The molecule has 1 heterocycles.